The SMILES string of the molecule is COc1ccc(C(C#N)OC)cc1Br. The number of methoxy groups -OCH3 is 2. The summed E-state index contributed by atoms with van der Waals surface area (Å²) in [6, 6.07) is 7.47. The van der Waals surface area contributed by atoms with Crippen molar-refractivity contribution in [3.63, 3.8) is 0 Å². The summed E-state index contributed by atoms with van der Waals surface area (Å²) in [5.74, 6) is 0.738. The number of benzene rings is 1. The Kier molecular flexibility index (Phi) is 3.93. The Morgan fingerprint density at radius 3 is 2.57 bits per heavy atom. The summed E-state index contributed by atoms with van der Waals surface area (Å²) >= 11 is 3.34. The summed E-state index contributed by atoms with van der Waals surface area (Å²) in [7, 11) is 3.10. The number of nitrogens with zero attached hydrogens (tertiary/aromatic N) is 1. The molecule has 0 heterocycles. The van der Waals surface area contributed by atoms with Gasteiger partial charge >= 0.3 is 0 Å². The van der Waals surface area contributed by atoms with Gasteiger partial charge in [-0.2, -0.15) is 5.26 Å². The standard InChI is InChI=1S/C10H10BrNO2/c1-13-9-4-3-7(5-8(9)11)10(6-12)14-2/h3-5,10H,1-2H3. The summed E-state index contributed by atoms with van der Waals surface area (Å²) < 4.78 is 10.9. The van der Waals surface area contributed by atoms with Crippen molar-refractivity contribution in [2.24, 2.45) is 0 Å². The first kappa shape index (κ1) is 11.0. The second kappa shape index (κ2) is 4.99. The van der Waals surface area contributed by atoms with E-state index in [1.54, 1.807) is 19.2 Å². The van der Waals surface area contributed by atoms with Crippen LogP contribution in [0.3, 0.4) is 0 Å². The predicted molar refractivity (Wildman–Crippen MR) is 56.1 cm³/mol. The van der Waals surface area contributed by atoms with Crippen LogP contribution < -0.4 is 4.74 Å². The topological polar surface area (TPSA) is 42.2 Å². The molecule has 0 spiro atoms. The van der Waals surface area contributed by atoms with Crippen LogP contribution in [0.5, 0.6) is 5.75 Å². The Morgan fingerprint density at radius 1 is 1.43 bits per heavy atom. The fourth-order valence-corrected chi connectivity index (χ4v) is 1.67. The molecule has 0 radical (unpaired) electrons. The smallest absolute Gasteiger partial charge is 0.168 e. The van der Waals surface area contributed by atoms with Crippen molar-refractivity contribution in [2.45, 2.75) is 6.10 Å². The van der Waals surface area contributed by atoms with Crippen LogP contribution in [0.25, 0.3) is 0 Å². The van der Waals surface area contributed by atoms with Gasteiger partial charge in [0.25, 0.3) is 0 Å². The quantitative estimate of drug-likeness (QED) is 0.834. The Morgan fingerprint density at radius 2 is 2.14 bits per heavy atom. The van der Waals surface area contributed by atoms with E-state index in [4.69, 9.17) is 14.7 Å². The minimum Gasteiger partial charge on any atom is -0.496 e. The van der Waals surface area contributed by atoms with Crippen molar-refractivity contribution >= 4 is 15.9 Å². The number of hydrogen-bond acceptors (Lipinski definition) is 3. The molecule has 0 saturated carbocycles. The second-order valence-electron chi connectivity index (χ2n) is 2.64. The molecule has 0 fully saturated rings. The lowest BCUT2D eigenvalue weighted by molar-refractivity contribution is 0.148. The molecular weight excluding hydrogens is 246 g/mol. The first-order valence-corrected chi connectivity index (χ1v) is 4.78. The third-order valence-electron chi connectivity index (χ3n) is 1.83. The molecule has 0 aliphatic rings. The van der Waals surface area contributed by atoms with Crippen LogP contribution in [0.15, 0.2) is 22.7 Å². The lowest BCUT2D eigenvalue weighted by atomic mass is 10.1. The third-order valence-corrected chi connectivity index (χ3v) is 2.45. The van der Waals surface area contributed by atoms with Crippen LogP contribution >= 0.6 is 15.9 Å². The molecule has 74 valence electrons. The van der Waals surface area contributed by atoms with Gasteiger partial charge in [-0.1, -0.05) is 6.07 Å². The van der Waals surface area contributed by atoms with Gasteiger partial charge in [-0.15, -0.1) is 0 Å². The van der Waals surface area contributed by atoms with E-state index in [0.29, 0.717) is 0 Å². The maximum absolute atomic E-state index is 8.78. The zero-order chi connectivity index (χ0) is 10.6. The van der Waals surface area contributed by atoms with E-state index in [1.807, 2.05) is 12.1 Å². The van der Waals surface area contributed by atoms with Gasteiger partial charge in [0.1, 0.15) is 5.75 Å². The largest absolute Gasteiger partial charge is 0.496 e. The van der Waals surface area contributed by atoms with Crippen molar-refractivity contribution in [1.29, 1.82) is 5.26 Å². The van der Waals surface area contributed by atoms with Gasteiger partial charge in [0.15, 0.2) is 6.10 Å². The van der Waals surface area contributed by atoms with Gasteiger partial charge in [0.05, 0.1) is 17.7 Å². The highest BCUT2D eigenvalue weighted by Gasteiger charge is 2.10. The van der Waals surface area contributed by atoms with E-state index in [-0.39, 0.29) is 0 Å². The Labute approximate surface area is 91.4 Å². The van der Waals surface area contributed by atoms with Crippen molar-refractivity contribution in [3.8, 4) is 11.8 Å². The molecular formula is C10H10BrNO2. The minimum atomic E-state index is -0.530. The zero-order valence-electron chi connectivity index (χ0n) is 7.95. The molecule has 4 heteroatoms. The molecule has 0 N–H and O–H groups in total. The molecule has 0 aliphatic heterocycles. The highest BCUT2D eigenvalue weighted by molar-refractivity contribution is 9.10. The van der Waals surface area contributed by atoms with Crippen molar-refractivity contribution < 1.29 is 9.47 Å². The maximum atomic E-state index is 8.78. The fourth-order valence-electron chi connectivity index (χ4n) is 1.11. The van der Waals surface area contributed by atoms with Gasteiger partial charge in [-0.3, -0.25) is 0 Å². The first-order valence-electron chi connectivity index (χ1n) is 3.98. The molecule has 3 nitrogen and oxygen atoms in total. The summed E-state index contributed by atoms with van der Waals surface area (Å²) in [6.07, 6.45) is -0.530. The highest BCUT2D eigenvalue weighted by atomic mass is 79.9. The number of halogens is 1. The molecule has 1 rings (SSSR count). The van der Waals surface area contributed by atoms with Crippen LogP contribution in [-0.2, 0) is 4.74 Å². The van der Waals surface area contributed by atoms with Gasteiger partial charge < -0.3 is 9.47 Å². The molecule has 1 atom stereocenters. The van der Waals surface area contributed by atoms with Crippen molar-refractivity contribution in [1.82, 2.24) is 0 Å². The predicted octanol–water partition coefficient (Wildman–Crippen LogP) is 2.67. The summed E-state index contributed by atoms with van der Waals surface area (Å²) in [6.45, 7) is 0. The van der Waals surface area contributed by atoms with E-state index < -0.39 is 6.10 Å². The first-order chi connectivity index (χ1) is 6.72. The average Bonchev–Trinajstić information content (AvgIpc) is 2.20. The summed E-state index contributed by atoms with van der Waals surface area (Å²) in [4.78, 5) is 0. The average molecular weight is 256 g/mol. The van der Waals surface area contributed by atoms with Gasteiger partial charge in [0.2, 0.25) is 0 Å². The maximum Gasteiger partial charge on any atom is 0.168 e. The summed E-state index contributed by atoms with van der Waals surface area (Å²) in [5, 5.41) is 8.78. The van der Waals surface area contributed by atoms with E-state index in [0.717, 1.165) is 15.8 Å². The van der Waals surface area contributed by atoms with Crippen LogP contribution in [0.1, 0.15) is 11.7 Å². The Bertz CT molecular complexity index is 360. The Balaban J connectivity index is 3.03. The number of hydrogen-bond donors (Lipinski definition) is 0. The lowest BCUT2D eigenvalue weighted by Gasteiger charge is -2.09. The van der Waals surface area contributed by atoms with Gasteiger partial charge in [-0.05, 0) is 33.6 Å². The monoisotopic (exact) mass is 255 g/mol. The molecule has 0 aromatic heterocycles. The van der Waals surface area contributed by atoms with E-state index in [1.165, 1.54) is 7.11 Å². The van der Waals surface area contributed by atoms with Crippen LogP contribution in [-0.4, -0.2) is 14.2 Å². The molecule has 14 heavy (non-hydrogen) atoms. The number of nitriles is 1. The molecule has 1 unspecified atom stereocenters. The molecule has 1 aromatic rings. The third kappa shape index (κ3) is 2.25. The highest BCUT2D eigenvalue weighted by Crippen LogP contribution is 2.28. The Hall–Kier alpha value is -1.05. The molecule has 0 aliphatic carbocycles. The van der Waals surface area contributed by atoms with Crippen molar-refractivity contribution in [2.75, 3.05) is 14.2 Å². The molecule has 0 bridgehead atoms. The van der Waals surface area contributed by atoms with Crippen molar-refractivity contribution in [3.05, 3.63) is 28.2 Å². The minimum absolute atomic E-state index is 0.530. The molecule has 1 aromatic carbocycles. The molecule has 0 saturated heterocycles. The molecule has 0 amide bonds. The van der Waals surface area contributed by atoms with Crippen LogP contribution in [0.4, 0.5) is 0 Å². The summed E-state index contributed by atoms with van der Waals surface area (Å²) in [5.41, 5.74) is 0.808. The van der Waals surface area contributed by atoms with Crippen LogP contribution in [0.2, 0.25) is 0 Å². The van der Waals surface area contributed by atoms with Gasteiger partial charge in [0, 0.05) is 7.11 Å². The van der Waals surface area contributed by atoms with Crippen LogP contribution in [0, 0.1) is 11.3 Å². The van der Waals surface area contributed by atoms with E-state index in [2.05, 4.69) is 15.9 Å². The zero-order valence-corrected chi connectivity index (χ0v) is 9.54. The van der Waals surface area contributed by atoms with Gasteiger partial charge in [-0.25, -0.2) is 0 Å². The number of rotatable bonds is 3. The van der Waals surface area contributed by atoms with E-state index >= 15 is 0 Å². The fraction of sp³-hybridized carbons (Fsp3) is 0.300. The lowest BCUT2D eigenvalue weighted by Crippen LogP contribution is -1.98. The number of ether oxygens (including phenoxy) is 2. The second-order valence-corrected chi connectivity index (χ2v) is 3.49. The van der Waals surface area contributed by atoms with E-state index in [9.17, 15) is 0 Å². The normalized spacial score (nSPS) is 11.9.